The summed E-state index contributed by atoms with van der Waals surface area (Å²) >= 11 is 0. The highest BCUT2D eigenvalue weighted by Gasteiger charge is 2.27. The molecular formula is C16H31N3O2. The third kappa shape index (κ3) is 5.24. The van der Waals surface area contributed by atoms with Crippen LogP contribution in [-0.2, 0) is 9.53 Å². The van der Waals surface area contributed by atoms with Crippen LogP contribution in [0.25, 0.3) is 0 Å². The van der Waals surface area contributed by atoms with E-state index in [1.165, 1.54) is 12.8 Å². The lowest BCUT2D eigenvalue weighted by atomic mass is 10.2. The zero-order valence-electron chi connectivity index (χ0n) is 13.8. The average molecular weight is 297 g/mol. The lowest BCUT2D eigenvalue weighted by Gasteiger charge is -2.36. The van der Waals surface area contributed by atoms with E-state index in [1.807, 2.05) is 18.7 Å². The Labute approximate surface area is 129 Å². The van der Waals surface area contributed by atoms with Gasteiger partial charge < -0.3 is 15.0 Å². The third-order valence-electron chi connectivity index (χ3n) is 4.31. The predicted molar refractivity (Wildman–Crippen MR) is 84.3 cm³/mol. The molecule has 2 aliphatic heterocycles. The van der Waals surface area contributed by atoms with E-state index in [0.717, 1.165) is 39.1 Å². The molecule has 0 saturated carbocycles. The summed E-state index contributed by atoms with van der Waals surface area (Å²) in [6, 6.07) is 0.562. The molecule has 21 heavy (non-hydrogen) atoms. The molecule has 0 aromatic carbocycles. The maximum absolute atomic E-state index is 12.6. The Morgan fingerprint density at radius 3 is 2.62 bits per heavy atom. The van der Waals surface area contributed by atoms with Gasteiger partial charge in [0.15, 0.2) is 0 Å². The summed E-state index contributed by atoms with van der Waals surface area (Å²) in [4.78, 5) is 16.8. The lowest BCUT2D eigenvalue weighted by molar-refractivity contribution is -0.144. The maximum Gasteiger partial charge on any atom is 0.236 e. The first-order valence-corrected chi connectivity index (χ1v) is 8.47. The van der Waals surface area contributed by atoms with E-state index in [2.05, 4.69) is 17.1 Å². The zero-order chi connectivity index (χ0) is 15.2. The molecule has 2 aliphatic rings. The van der Waals surface area contributed by atoms with Crippen LogP contribution >= 0.6 is 0 Å². The van der Waals surface area contributed by atoms with Crippen molar-refractivity contribution >= 4 is 5.91 Å². The van der Waals surface area contributed by atoms with Gasteiger partial charge in [0.25, 0.3) is 0 Å². The molecule has 1 amide bonds. The van der Waals surface area contributed by atoms with Gasteiger partial charge in [0.2, 0.25) is 5.91 Å². The number of ether oxygens (including phenoxy) is 1. The van der Waals surface area contributed by atoms with Crippen LogP contribution in [0.3, 0.4) is 0 Å². The summed E-state index contributed by atoms with van der Waals surface area (Å²) in [6.45, 7) is 11.4. The molecule has 2 heterocycles. The Bertz CT molecular complexity index is 321. The van der Waals surface area contributed by atoms with Crippen molar-refractivity contribution in [1.29, 1.82) is 0 Å². The largest absolute Gasteiger partial charge is 0.372 e. The fourth-order valence-corrected chi connectivity index (χ4v) is 3.45. The molecule has 0 aliphatic carbocycles. The second-order valence-electron chi connectivity index (χ2n) is 6.58. The van der Waals surface area contributed by atoms with Crippen LogP contribution in [0, 0.1) is 0 Å². The maximum atomic E-state index is 12.6. The first-order chi connectivity index (χ1) is 10.1. The van der Waals surface area contributed by atoms with Crippen molar-refractivity contribution in [2.24, 2.45) is 0 Å². The minimum Gasteiger partial charge on any atom is -0.372 e. The molecular weight excluding hydrogens is 266 g/mol. The highest BCUT2D eigenvalue weighted by Crippen LogP contribution is 2.12. The average Bonchev–Trinajstić information content (AvgIpc) is 2.90. The van der Waals surface area contributed by atoms with Gasteiger partial charge in [-0.2, -0.15) is 0 Å². The SMILES string of the molecule is CCCN(CC(=O)N1CC(C)OC(C)C1)CC1CCCN1. The monoisotopic (exact) mass is 297 g/mol. The Kier molecular flexibility index (Phi) is 6.45. The first kappa shape index (κ1) is 16.7. The van der Waals surface area contributed by atoms with Crippen LogP contribution < -0.4 is 5.32 Å². The third-order valence-corrected chi connectivity index (χ3v) is 4.31. The molecule has 0 radical (unpaired) electrons. The van der Waals surface area contributed by atoms with Crippen LogP contribution in [-0.4, -0.2) is 73.2 Å². The zero-order valence-corrected chi connectivity index (χ0v) is 13.8. The van der Waals surface area contributed by atoms with E-state index in [1.54, 1.807) is 0 Å². The van der Waals surface area contributed by atoms with Gasteiger partial charge in [-0.3, -0.25) is 9.69 Å². The van der Waals surface area contributed by atoms with E-state index in [4.69, 9.17) is 4.74 Å². The van der Waals surface area contributed by atoms with Crippen LogP contribution in [0.2, 0.25) is 0 Å². The number of morpholine rings is 1. The number of hydrogen-bond acceptors (Lipinski definition) is 4. The van der Waals surface area contributed by atoms with Gasteiger partial charge in [0, 0.05) is 25.7 Å². The van der Waals surface area contributed by atoms with Crippen molar-refractivity contribution in [3.05, 3.63) is 0 Å². The van der Waals surface area contributed by atoms with Crippen molar-refractivity contribution < 1.29 is 9.53 Å². The number of nitrogens with zero attached hydrogens (tertiary/aromatic N) is 2. The highest BCUT2D eigenvalue weighted by atomic mass is 16.5. The number of amides is 1. The van der Waals surface area contributed by atoms with Crippen molar-refractivity contribution in [3.8, 4) is 0 Å². The molecule has 2 fully saturated rings. The van der Waals surface area contributed by atoms with Crippen LogP contribution in [0.5, 0.6) is 0 Å². The van der Waals surface area contributed by atoms with E-state index in [9.17, 15) is 4.79 Å². The normalized spacial score (nSPS) is 30.1. The molecule has 2 rings (SSSR count). The van der Waals surface area contributed by atoms with Crippen LogP contribution in [0.15, 0.2) is 0 Å². The molecule has 1 N–H and O–H groups in total. The Morgan fingerprint density at radius 1 is 1.33 bits per heavy atom. The van der Waals surface area contributed by atoms with E-state index in [-0.39, 0.29) is 18.1 Å². The van der Waals surface area contributed by atoms with Gasteiger partial charge in [0.1, 0.15) is 0 Å². The standard InChI is InChI=1S/C16H31N3O2/c1-4-8-18(11-15-6-5-7-17-15)12-16(20)19-9-13(2)21-14(3)10-19/h13-15,17H,4-12H2,1-3H3. The fourth-order valence-electron chi connectivity index (χ4n) is 3.45. The Balaban J connectivity index is 1.84. The molecule has 5 heteroatoms. The number of nitrogens with one attached hydrogen (secondary N) is 1. The molecule has 2 saturated heterocycles. The van der Waals surface area contributed by atoms with Gasteiger partial charge in [-0.05, 0) is 46.2 Å². The molecule has 3 atom stereocenters. The molecule has 3 unspecified atom stereocenters. The van der Waals surface area contributed by atoms with Gasteiger partial charge in [0.05, 0.1) is 18.8 Å². The summed E-state index contributed by atoms with van der Waals surface area (Å²) < 4.78 is 5.71. The van der Waals surface area contributed by atoms with Crippen molar-refractivity contribution in [3.63, 3.8) is 0 Å². The number of hydrogen-bond donors (Lipinski definition) is 1. The number of carbonyl (C=O) groups excluding carboxylic acids is 1. The lowest BCUT2D eigenvalue weighted by Crippen LogP contribution is -2.52. The Hall–Kier alpha value is -0.650. The van der Waals surface area contributed by atoms with Crippen LogP contribution in [0.4, 0.5) is 0 Å². The molecule has 0 aromatic heterocycles. The minimum absolute atomic E-state index is 0.147. The fraction of sp³-hybridized carbons (Fsp3) is 0.938. The smallest absolute Gasteiger partial charge is 0.236 e. The van der Waals surface area contributed by atoms with Crippen LogP contribution in [0.1, 0.15) is 40.0 Å². The van der Waals surface area contributed by atoms with Gasteiger partial charge in [-0.25, -0.2) is 0 Å². The summed E-state index contributed by atoms with van der Waals surface area (Å²) in [5.41, 5.74) is 0. The molecule has 5 nitrogen and oxygen atoms in total. The molecule has 0 spiro atoms. The first-order valence-electron chi connectivity index (χ1n) is 8.47. The van der Waals surface area contributed by atoms with Crippen molar-refractivity contribution in [1.82, 2.24) is 15.1 Å². The number of carbonyl (C=O) groups is 1. The molecule has 122 valence electrons. The summed E-state index contributed by atoms with van der Waals surface area (Å²) in [7, 11) is 0. The van der Waals surface area contributed by atoms with E-state index < -0.39 is 0 Å². The van der Waals surface area contributed by atoms with Crippen molar-refractivity contribution in [2.75, 3.05) is 39.3 Å². The predicted octanol–water partition coefficient (Wildman–Crippen LogP) is 1.09. The van der Waals surface area contributed by atoms with Crippen molar-refractivity contribution in [2.45, 2.75) is 58.3 Å². The Morgan fingerprint density at radius 2 is 2.05 bits per heavy atom. The highest BCUT2D eigenvalue weighted by molar-refractivity contribution is 5.78. The minimum atomic E-state index is 0.147. The van der Waals surface area contributed by atoms with E-state index in [0.29, 0.717) is 12.6 Å². The van der Waals surface area contributed by atoms with Gasteiger partial charge in [-0.1, -0.05) is 6.92 Å². The molecule has 0 aromatic rings. The summed E-state index contributed by atoms with van der Waals surface area (Å²) in [6.07, 6.45) is 3.88. The van der Waals surface area contributed by atoms with E-state index >= 15 is 0 Å². The second kappa shape index (κ2) is 8.11. The quantitative estimate of drug-likeness (QED) is 0.797. The second-order valence-corrected chi connectivity index (χ2v) is 6.58. The number of rotatable bonds is 6. The summed E-state index contributed by atoms with van der Waals surface area (Å²) in [5, 5.41) is 3.53. The van der Waals surface area contributed by atoms with Gasteiger partial charge in [-0.15, -0.1) is 0 Å². The van der Waals surface area contributed by atoms with Gasteiger partial charge >= 0.3 is 0 Å². The molecule has 0 bridgehead atoms. The summed E-state index contributed by atoms with van der Waals surface area (Å²) in [5.74, 6) is 0.253. The topological polar surface area (TPSA) is 44.8 Å².